The molecule has 0 radical (unpaired) electrons. The highest BCUT2D eigenvalue weighted by molar-refractivity contribution is 4.99. The molecular formula is C11H16F3N3O. The normalized spacial score (nSPS) is 11.8. The van der Waals surface area contributed by atoms with Crippen LogP contribution in [0.25, 0.3) is 0 Å². The molecular weight excluding hydrogens is 247 g/mol. The molecule has 1 aromatic rings. The van der Waals surface area contributed by atoms with Gasteiger partial charge in [-0.1, -0.05) is 0 Å². The fourth-order valence-corrected chi connectivity index (χ4v) is 1.21. The van der Waals surface area contributed by atoms with Crippen LogP contribution in [-0.2, 0) is 11.3 Å². The molecule has 0 aromatic carbocycles. The van der Waals surface area contributed by atoms with E-state index in [1.54, 1.807) is 12.4 Å². The minimum Gasteiger partial charge on any atom is -0.372 e. The molecule has 0 saturated heterocycles. The van der Waals surface area contributed by atoms with Gasteiger partial charge < -0.3 is 10.1 Å². The molecule has 0 atom stereocenters. The summed E-state index contributed by atoms with van der Waals surface area (Å²) in [4.78, 5) is 8.22. The van der Waals surface area contributed by atoms with E-state index in [0.717, 1.165) is 11.4 Å². The van der Waals surface area contributed by atoms with Crippen molar-refractivity contribution in [2.24, 2.45) is 0 Å². The Balaban J connectivity index is 2.00. The second-order valence-electron chi connectivity index (χ2n) is 3.85. The Bertz CT molecular complexity index is 340. The summed E-state index contributed by atoms with van der Waals surface area (Å²) in [5, 5.41) is 3.06. The lowest BCUT2D eigenvalue weighted by molar-refractivity contribution is -0.173. The number of ether oxygens (including phenoxy) is 1. The molecule has 0 aliphatic rings. The lowest BCUT2D eigenvalue weighted by Gasteiger charge is -2.08. The smallest absolute Gasteiger partial charge is 0.372 e. The summed E-state index contributed by atoms with van der Waals surface area (Å²) in [6.45, 7) is 1.88. The van der Waals surface area contributed by atoms with Gasteiger partial charge in [0.05, 0.1) is 11.4 Å². The zero-order valence-electron chi connectivity index (χ0n) is 10.1. The number of hydrogen-bond donors (Lipinski definition) is 1. The van der Waals surface area contributed by atoms with Gasteiger partial charge in [0.25, 0.3) is 0 Å². The first-order valence-corrected chi connectivity index (χ1v) is 5.60. The molecule has 18 heavy (non-hydrogen) atoms. The number of hydrogen-bond acceptors (Lipinski definition) is 4. The van der Waals surface area contributed by atoms with Crippen molar-refractivity contribution in [3.8, 4) is 0 Å². The molecule has 0 aliphatic heterocycles. The lowest BCUT2D eigenvalue weighted by Crippen LogP contribution is -2.20. The molecule has 1 aromatic heterocycles. The predicted molar refractivity (Wildman–Crippen MR) is 60.0 cm³/mol. The topological polar surface area (TPSA) is 47.0 Å². The number of alkyl halides is 3. The molecule has 0 unspecified atom stereocenters. The average Bonchev–Trinajstić information content (AvgIpc) is 2.29. The molecule has 0 spiro atoms. The van der Waals surface area contributed by atoms with Gasteiger partial charge in [-0.15, -0.1) is 0 Å². The zero-order valence-corrected chi connectivity index (χ0v) is 10.1. The molecule has 0 bridgehead atoms. The molecule has 102 valence electrons. The van der Waals surface area contributed by atoms with Crippen LogP contribution in [0.1, 0.15) is 17.8 Å². The van der Waals surface area contributed by atoms with Crippen LogP contribution < -0.4 is 5.32 Å². The molecule has 1 N–H and O–H groups in total. The van der Waals surface area contributed by atoms with Gasteiger partial charge in [0, 0.05) is 25.5 Å². The van der Waals surface area contributed by atoms with E-state index < -0.39 is 12.8 Å². The number of aromatic nitrogens is 2. The number of rotatable bonds is 7. The first-order chi connectivity index (χ1) is 8.47. The van der Waals surface area contributed by atoms with E-state index in [1.165, 1.54) is 0 Å². The van der Waals surface area contributed by atoms with Crippen molar-refractivity contribution in [3.05, 3.63) is 23.8 Å². The van der Waals surface area contributed by atoms with Crippen LogP contribution >= 0.6 is 0 Å². The standard InChI is InChI=1S/C11H16F3N3O/c1-9-5-17-10(7-16-9)6-15-3-2-4-18-8-11(12,13)14/h5,7,15H,2-4,6,8H2,1H3. The summed E-state index contributed by atoms with van der Waals surface area (Å²) in [5.41, 5.74) is 1.65. The van der Waals surface area contributed by atoms with Gasteiger partial charge in [-0.3, -0.25) is 9.97 Å². The van der Waals surface area contributed by atoms with Crippen molar-refractivity contribution in [1.29, 1.82) is 0 Å². The van der Waals surface area contributed by atoms with Crippen molar-refractivity contribution in [2.45, 2.75) is 26.1 Å². The van der Waals surface area contributed by atoms with Crippen molar-refractivity contribution < 1.29 is 17.9 Å². The van der Waals surface area contributed by atoms with Crippen LogP contribution in [0, 0.1) is 6.92 Å². The Kier molecular flexibility index (Phi) is 6.00. The molecule has 1 heterocycles. The minimum atomic E-state index is -4.25. The summed E-state index contributed by atoms with van der Waals surface area (Å²) < 4.78 is 39.7. The molecule has 0 saturated carbocycles. The first kappa shape index (κ1) is 14.8. The van der Waals surface area contributed by atoms with Crippen LogP contribution in [-0.4, -0.2) is 35.9 Å². The van der Waals surface area contributed by atoms with E-state index in [0.29, 0.717) is 19.5 Å². The Morgan fingerprint density at radius 1 is 1.28 bits per heavy atom. The van der Waals surface area contributed by atoms with Crippen LogP contribution in [0.3, 0.4) is 0 Å². The second kappa shape index (κ2) is 7.27. The highest BCUT2D eigenvalue weighted by Gasteiger charge is 2.27. The van der Waals surface area contributed by atoms with Gasteiger partial charge in [-0.05, 0) is 19.9 Å². The molecule has 0 fully saturated rings. The van der Waals surface area contributed by atoms with Crippen molar-refractivity contribution >= 4 is 0 Å². The highest BCUT2D eigenvalue weighted by Crippen LogP contribution is 2.14. The fourth-order valence-electron chi connectivity index (χ4n) is 1.21. The van der Waals surface area contributed by atoms with E-state index in [9.17, 15) is 13.2 Å². The monoisotopic (exact) mass is 263 g/mol. The van der Waals surface area contributed by atoms with Crippen LogP contribution in [0.15, 0.2) is 12.4 Å². The highest BCUT2D eigenvalue weighted by atomic mass is 19.4. The lowest BCUT2D eigenvalue weighted by atomic mass is 10.4. The average molecular weight is 263 g/mol. The summed E-state index contributed by atoms with van der Waals surface area (Å²) in [6, 6.07) is 0. The van der Waals surface area contributed by atoms with Gasteiger partial charge in [0.1, 0.15) is 6.61 Å². The molecule has 0 aliphatic carbocycles. The Labute approximate surface area is 104 Å². The third kappa shape index (κ3) is 7.18. The van der Waals surface area contributed by atoms with Gasteiger partial charge in [-0.2, -0.15) is 13.2 Å². The van der Waals surface area contributed by atoms with Gasteiger partial charge in [0.15, 0.2) is 0 Å². The molecule has 4 nitrogen and oxygen atoms in total. The first-order valence-electron chi connectivity index (χ1n) is 5.60. The van der Waals surface area contributed by atoms with Gasteiger partial charge >= 0.3 is 6.18 Å². The van der Waals surface area contributed by atoms with E-state index >= 15 is 0 Å². The quantitative estimate of drug-likeness (QED) is 0.763. The van der Waals surface area contributed by atoms with Gasteiger partial charge in [0.2, 0.25) is 0 Å². The zero-order chi connectivity index (χ0) is 13.4. The van der Waals surface area contributed by atoms with E-state index in [-0.39, 0.29) is 6.61 Å². The molecule has 1 rings (SSSR count). The number of nitrogens with one attached hydrogen (secondary N) is 1. The predicted octanol–water partition coefficient (Wildman–Crippen LogP) is 1.84. The Morgan fingerprint density at radius 2 is 2.06 bits per heavy atom. The molecule has 7 heteroatoms. The van der Waals surface area contributed by atoms with Crippen LogP contribution in [0.2, 0.25) is 0 Å². The van der Waals surface area contributed by atoms with E-state index in [2.05, 4.69) is 20.0 Å². The largest absolute Gasteiger partial charge is 0.411 e. The number of nitrogens with zero attached hydrogens (tertiary/aromatic N) is 2. The molecule has 0 amide bonds. The number of aryl methyl sites for hydroxylation is 1. The maximum Gasteiger partial charge on any atom is 0.411 e. The maximum atomic E-state index is 11.7. The van der Waals surface area contributed by atoms with Crippen LogP contribution in [0.4, 0.5) is 13.2 Å². The second-order valence-corrected chi connectivity index (χ2v) is 3.85. The van der Waals surface area contributed by atoms with E-state index in [1.807, 2.05) is 6.92 Å². The minimum absolute atomic E-state index is 0.0894. The Morgan fingerprint density at radius 3 is 2.67 bits per heavy atom. The van der Waals surface area contributed by atoms with Crippen LogP contribution in [0.5, 0.6) is 0 Å². The van der Waals surface area contributed by atoms with E-state index in [4.69, 9.17) is 0 Å². The summed E-state index contributed by atoms with van der Waals surface area (Å²) in [7, 11) is 0. The maximum absolute atomic E-state index is 11.7. The number of halogens is 3. The third-order valence-corrected chi connectivity index (χ3v) is 2.05. The SMILES string of the molecule is Cc1cnc(CNCCCOCC(F)(F)F)cn1. The summed E-state index contributed by atoms with van der Waals surface area (Å²) in [5.74, 6) is 0. The summed E-state index contributed by atoms with van der Waals surface area (Å²) in [6.07, 6.45) is -0.383. The van der Waals surface area contributed by atoms with Crippen molar-refractivity contribution in [1.82, 2.24) is 15.3 Å². The van der Waals surface area contributed by atoms with Crippen molar-refractivity contribution in [3.63, 3.8) is 0 Å². The summed E-state index contributed by atoms with van der Waals surface area (Å²) >= 11 is 0. The van der Waals surface area contributed by atoms with Crippen molar-refractivity contribution in [2.75, 3.05) is 19.8 Å². The third-order valence-electron chi connectivity index (χ3n) is 2.05. The van der Waals surface area contributed by atoms with Gasteiger partial charge in [-0.25, -0.2) is 0 Å². The Hall–Kier alpha value is -1.21. The fraction of sp³-hybridized carbons (Fsp3) is 0.636.